The molecule has 2 heteroatoms. The van der Waals surface area contributed by atoms with Crippen molar-refractivity contribution in [2.45, 2.75) is 44.4 Å². The molecule has 0 radical (unpaired) electrons. The Balaban J connectivity index is 1.64. The molecule has 1 saturated carbocycles. The van der Waals surface area contributed by atoms with Crippen molar-refractivity contribution < 1.29 is 4.79 Å². The summed E-state index contributed by atoms with van der Waals surface area (Å²) in [6.07, 6.45) is 2.31. The van der Waals surface area contributed by atoms with Crippen molar-refractivity contribution in [1.29, 1.82) is 0 Å². The molecule has 3 rings (SSSR count). The molecule has 0 atom stereocenters. The van der Waals surface area contributed by atoms with Crippen LogP contribution in [0.2, 0.25) is 0 Å². The van der Waals surface area contributed by atoms with Gasteiger partial charge in [-0.3, -0.25) is 4.79 Å². The first-order valence-corrected chi connectivity index (χ1v) is 8.35. The van der Waals surface area contributed by atoms with Gasteiger partial charge in [0.1, 0.15) is 0 Å². The van der Waals surface area contributed by atoms with E-state index in [4.69, 9.17) is 0 Å². The number of amides is 1. The molecule has 1 aliphatic carbocycles. The third-order valence-electron chi connectivity index (χ3n) is 4.84. The highest BCUT2D eigenvalue weighted by Gasteiger charge is 2.44. The van der Waals surface area contributed by atoms with E-state index in [1.54, 1.807) is 0 Å². The number of carbonyl (C=O) groups excluding carboxylic acids is 1. The van der Waals surface area contributed by atoms with Crippen LogP contribution in [0.4, 0.5) is 0 Å². The monoisotopic (exact) mass is 307 g/mol. The molecular formula is C21H25NO. The summed E-state index contributed by atoms with van der Waals surface area (Å²) in [6.45, 7) is 7.26. The fourth-order valence-electron chi connectivity index (χ4n) is 2.98. The molecule has 0 spiro atoms. The predicted octanol–water partition coefficient (Wildman–Crippen LogP) is 4.45. The van der Waals surface area contributed by atoms with E-state index in [-0.39, 0.29) is 16.7 Å². The van der Waals surface area contributed by atoms with Crippen LogP contribution >= 0.6 is 0 Å². The fourth-order valence-corrected chi connectivity index (χ4v) is 2.98. The zero-order valence-electron chi connectivity index (χ0n) is 14.2. The molecule has 0 heterocycles. The van der Waals surface area contributed by atoms with Gasteiger partial charge in [0.2, 0.25) is 0 Å². The number of carbonyl (C=O) groups is 1. The lowest BCUT2D eigenvalue weighted by molar-refractivity contribution is 0.0949. The average molecular weight is 307 g/mol. The highest BCUT2D eigenvalue weighted by atomic mass is 16.1. The van der Waals surface area contributed by atoms with Gasteiger partial charge >= 0.3 is 0 Å². The molecule has 1 aliphatic rings. The fraction of sp³-hybridized carbons (Fsp3) is 0.381. The van der Waals surface area contributed by atoms with Crippen molar-refractivity contribution in [1.82, 2.24) is 5.32 Å². The van der Waals surface area contributed by atoms with Crippen LogP contribution in [0.5, 0.6) is 0 Å². The second-order valence-electron chi connectivity index (χ2n) is 7.66. The van der Waals surface area contributed by atoms with E-state index < -0.39 is 0 Å². The lowest BCUT2D eigenvalue weighted by Gasteiger charge is -2.19. The molecule has 0 unspecified atom stereocenters. The SMILES string of the molecule is CC(C)(C)c1ccc(C(=O)NCC2(c3ccccc3)CC2)cc1. The topological polar surface area (TPSA) is 29.1 Å². The Morgan fingerprint density at radius 2 is 1.61 bits per heavy atom. The molecule has 1 N–H and O–H groups in total. The smallest absolute Gasteiger partial charge is 0.251 e. The van der Waals surface area contributed by atoms with Crippen LogP contribution in [0.3, 0.4) is 0 Å². The molecule has 0 aromatic heterocycles. The van der Waals surface area contributed by atoms with Crippen molar-refractivity contribution in [3.05, 3.63) is 71.3 Å². The Bertz CT molecular complexity index is 676. The van der Waals surface area contributed by atoms with Crippen molar-refractivity contribution in [3.8, 4) is 0 Å². The third-order valence-corrected chi connectivity index (χ3v) is 4.84. The zero-order chi connectivity index (χ0) is 16.5. The number of benzene rings is 2. The molecule has 2 aromatic carbocycles. The van der Waals surface area contributed by atoms with E-state index in [1.807, 2.05) is 18.2 Å². The molecule has 0 aliphatic heterocycles. The minimum Gasteiger partial charge on any atom is -0.351 e. The quantitative estimate of drug-likeness (QED) is 0.888. The maximum absolute atomic E-state index is 12.4. The van der Waals surface area contributed by atoms with Crippen LogP contribution in [0.25, 0.3) is 0 Å². The molecule has 1 amide bonds. The molecule has 1 fully saturated rings. The van der Waals surface area contributed by atoms with Crippen LogP contribution in [-0.2, 0) is 10.8 Å². The molecule has 0 bridgehead atoms. The molecule has 2 aromatic rings. The van der Waals surface area contributed by atoms with Crippen LogP contribution < -0.4 is 5.32 Å². The second kappa shape index (κ2) is 5.84. The van der Waals surface area contributed by atoms with Gasteiger partial charge in [-0.05, 0) is 41.5 Å². The van der Waals surface area contributed by atoms with Crippen LogP contribution in [-0.4, -0.2) is 12.5 Å². The van der Waals surface area contributed by atoms with Gasteiger partial charge < -0.3 is 5.32 Å². The van der Waals surface area contributed by atoms with Gasteiger partial charge in [-0.25, -0.2) is 0 Å². The number of hydrogen-bond acceptors (Lipinski definition) is 1. The summed E-state index contributed by atoms with van der Waals surface area (Å²) in [7, 11) is 0. The van der Waals surface area contributed by atoms with E-state index in [9.17, 15) is 4.79 Å². The highest BCUT2D eigenvalue weighted by Crippen LogP contribution is 2.47. The second-order valence-corrected chi connectivity index (χ2v) is 7.66. The van der Waals surface area contributed by atoms with Gasteiger partial charge in [0.25, 0.3) is 5.91 Å². The highest BCUT2D eigenvalue weighted by molar-refractivity contribution is 5.94. The Labute approximate surface area is 138 Å². The standard InChI is InChI=1S/C21H25NO/c1-20(2,3)17-11-9-16(10-12-17)19(23)22-15-21(13-14-21)18-7-5-4-6-8-18/h4-12H,13-15H2,1-3H3,(H,22,23). The van der Waals surface area contributed by atoms with E-state index in [0.717, 1.165) is 24.9 Å². The van der Waals surface area contributed by atoms with E-state index in [2.05, 4.69) is 62.5 Å². The molecule has 23 heavy (non-hydrogen) atoms. The van der Waals surface area contributed by atoms with Crippen molar-refractivity contribution in [2.24, 2.45) is 0 Å². The largest absolute Gasteiger partial charge is 0.351 e. The van der Waals surface area contributed by atoms with Crippen LogP contribution in [0.1, 0.15) is 55.1 Å². The number of hydrogen-bond donors (Lipinski definition) is 1. The lowest BCUT2D eigenvalue weighted by atomic mass is 9.86. The molecule has 120 valence electrons. The summed E-state index contributed by atoms with van der Waals surface area (Å²) in [5.74, 6) is 0.0210. The predicted molar refractivity (Wildman–Crippen MR) is 94.8 cm³/mol. The van der Waals surface area contributed by atoms with Gasteiger partial charge in [-0.15, -0.1) is 0 Å². The summed E-state index contributed by atoms with van der Waals surface area (Å²) >= 11 is 0. The van der Waals surface area contributed by atoms with Gasteiger partial charge in [0.15, 0.2) is 0 Å². The Morgan fingerprint density at radius 3 is 2.13 bits per heavy atom. The van der Waals surface area contributed by atoms with Crippen molar-refractivity contribution in [3.63, 3.8) is 0 Å². The minimum absolute atomic E-state index is 0.0210. The third kappa shape index (κ3) is 3.47. The van der Waals surface area contributed by atoms with Crippen LogP contribution in [0, 0.1) is 0 Å². The summed E-state index contributed by atoms with van der Waals surface area (Å²) < 4.78 is 0. The molecule has 2 nitrogen and oxygen atoms in total. The summed E-state index contributed by atoms with van der Waals surface area (Å²) in [5, 5.41) is 3.12. The number of rotatable bonds is 4. The maximum Gasteiger partial charge on any atom is 0.251 e. The maximum atomic E-state index is 12.4. The summed E-state index contributed by atoms with van der Waals surface area (Å²) in [6, 6.07) is 18.5. The Kier molecular flexibility index (Phi) is 4.01. The van der Waals surface area contributed by atoms with Crippen molar-refractivity contribution in [2.75, 3.05) is 6.54 Å². The average Bonchev–Trinajstić information content (AvgIpc) is 3.34. The van der Waals surface area contributed by atoms with E-state index in [1.165, 1.54) is 11.1 Å². The summed E-state index contributed by atoms with van der Waals surface area (Å²) in [5.41, 5.74) is 3.59. The molecular weight excluding hydrogens is 282 g/mol. The van der Waals surface area contributed by atoms with Gasteiger partial charge in [-0.1, -0.05) is 63.2 Å². The van der Waals surface area contributed by atoms with Crippen LogP contribution in [0.15, 0.2) is 54.6 Å². The van der Waals surface area contributed by atoms with E-state index in [0.29, 0.717) is 0 Å². The normalized spacial score (nSPS) is 16.0. The first-order chi connectivity index (χ1) is 10.9. The first kappa shape index (κ1) is 15.8. The minimum atomic E-state index is 0.0210. The van der Waals surface area contributed by atoms with Gasteiger partial charge in [0.05, 0.1) is 0 Å². The van der Waals surface area contributed by atoms with E-state index >= 15 is 0 Å². The van der Waals surface area contributed by atoms with Gasteiger partial charge in [0, 0.05) is 17.5 Å². The zero-order valence-corrected chi connectivity index (χ0v) is 14.2. The Hall–Kier alpha value is -2.09. The number of nitrogens with one attached hydrogen (secondary N) is 1. The first-order valence-electron chi connectivity index (χ1n) is 8.35. The summed E-state index contributed by atoms with van der Waals surface area (Å²) in [4.78, 5) is 12.4. The van der Waals surface area contributed by atoms with Crippen molar-refractivity contribution >= 4 is 5.91 Å². The van der Waals surface area contributed by atoms with Gasteiger partial charge in [-0.2, -0.15) is 0 Å². The lowest BCUT2D eigenvalue weighted by Crippen LogP contribution is -2.32. The molecule has 0 saturated heterocycles. The Morgan fingerprint density at radius 1 is 1.00 bits per heavy atom.